The summed E-state index contributed by atoms with van der Waals surface area (Å²) in [6.07, 6.45) is 1.67. The first-order chi connectivity index (χ1) is 39.9. The number of aromatic hydroxyl groups is 1. The van der Waals surface area contributed by atoms with Gasteiger partial charge >= 0.3 is 0 Å². The Balaban J connectivity index is 1.63. The van der Waals surface area contributed by atoms with Gasteiger partial charge in [-0.15, -0.1) is 0 Å². The van der Waals surface area contributed by atoms with Crippen LogP contribution in [0.4, 0.5) is 0 Å². The van der Waals surface area contributed by atoms with Gasteiger partial charge in [0, 0.05) is 54.4 Å². The fourth-order valence-corrected chi connectivity index (χ4v) is 8.11. The highest BCUT2D eigenvalue weighted by molar-refractivity contribution is 5.97. The van der Waals surface area contributed by atoms with Crippen LogP contribution >= 0.6 is 0 Å². The summed E-state index contributed by atoms with van der Waals surface area (Å²) >= 11 is 0. The van der Waals surface area contributed by atoms with Crippen LogP contribution < -0.4 is 0 Å². The van der Waals surface area contributed by atoms with E-state index in [-0.39, 0.29) is 28.4 Å². The molecule has 8 aromatic rings. The molecular formula is C61H67N3O. The normalized spacial score (nSPS) is 19.4. The van der Waals surface area contributed by atoms with E-state index in [1.165, 1.54) is 24.3 Å². The Labute approximate surface area is 420 Å². The number of nitrogens with zero attached hydrogens (tertiary/aromatic N) is 3. The summed E-state index contributed by atoms with van der Waals surface area (Å²) in [6, 6.07) is 33.9. The lowest BCUT2D eigenvalue weighted by Gasteiger charge is -2.27. The van der Waals surface area contributed by atoms with E-state index in [0.717, 1.165) is 21.3 Å². The molecule has 0 fully saturated rings. The number of rotatable bonds is 8. The predicted molar refractivity (Wildman–Crippen MR) is 277 cm³/mol. The van der Waals surface area contributed by atoms with Crippen molar-refractivity contribution in [3.05, 3.63) is 167 Å². The van der Waals surface area contributed by atoms with E-state index in [0.29, 0.717) is 45.1 Å². The van der Waals surface area contributed by atoms with Crippen molar-refractivity contribution in [3.63, 3.8) is 0 Å². The van der Waals surface area contributed by atoms with Crippen LogP contribution in [0.15, 0.2) is 134 Å². The van der Waals surface area contributed by atoms with Crippen molar-refractivity contribution < 1.29 is 36.6 Å². The number of hydrogen-bond donors (Lipinski definition) is 1. The quantitative estimate of drug-likeness (QED) is 0.165. The molecular weight excluding hydrogens is 791 g/mol. The van der Waals surface area contributed by atoms with Crippen molar-refractivity contribution >= 4 is 11.0 Å². The fraction of sp³-hybridized carbons (Fsp3) is 0.311. The minimum atomic E-state index is -4.26. The van der Waals surface area contributed by atoms with Gasteiger partial charge in [0.25, 0.3) is 0 Å². The Hall–Kier alpha value is -6.26. The van der Waals surface area contributed by atoms with E-state index < -0.39 is 110 Å². The van der Waals surface area contributed by atoms with Crippen LogP contribution in [0, 0.1) is 6.85 Å². The molecule has 1 N–H and O–H groups in total. The molecule has 0 aliphatic heterocycles. The van der Waals surface area contributed by atoms with Crippen LogP contribution in [0.25, 0.3) is 72.7 Å². The summed E-state index contributed by atoms with van der Waals surface area (Å²) in [5.41, 5.74) is -7.44. The van der Waals surface area contributed by atoms with Gasteiger partial charge < -0.3 is 5.11 Å². The number of benzene rings is 6. The fourth-order valence-electron chi connectivity index (χ4n) is 8.11. The smallest absolute Gasteiger partial charge is 0.149 e. The Morgan fingerprint density at radius 1 is 0.569 bits per heavy atom. The molecule has 0 amide bonds. The molecule has 0 unspecified atom stereocenters. The average Bonchev–Trinajstić information content (AvgIpc) is 0.813. The van der Waals surface area contributed by atoms with Crippen LogP contribution in [0.5, 0.6) is 5.75 Å². The number of imidazole rings is 1. The second-order valence-corrected chi connectivity index (χ2v) is 18.2. The lowest BCUT2D eigenvalue weighted by atomic mass is 9.79. The third-order valence-corrected chi connectivity index (χ3v) is 11.8. The molecule has 0 radical (unpaired) electrons. The lowest BCUT2D eigenvalue weighted by molar-refractivity contribution is 0.446. The zero-order valence-electron chi connectivity index (χ0n) is 60.5. The molecule has 6 aromatic carbocycles. The summed E-state index contributed by atoms with van der Waals surface area (Å²) < 4.78 is 205. The van der Waals surface area contributed by atoms with Crippen molar-refractivity contribution in [2.24, 2.45) is 0 Å². The van der Waals surface area contributed by atoms with Crippen molar-refractivity contribution in [1.82, 2.24) is 14.5 Å². The highest BCUT2D eigenvalue weighted by Crippen LogP contribution is 2.45. The van der Waals surface area contributed by atoms with Gasteiger partial charge in [0.15, 0.2) is 0 Å². The van der Waals surface area contributed by atoms with Gasteiger partial charge in [0.1, 0.15) is 11.6 Å². The van der Waals surface area contributed by atoms with Crippen LogP contribution in [0.1, 0.15) is 166 Å². The summed E-state index contributed by atoms with van der Waals surface area (Å²) in [6.45, 7) is -15.7. The molecule has 332 valence electrons. The first kappa shape index (κ1) is 24.9. The molecule has 0 aliphatic rings. The molecule has 0 saturated carbocycles. The van der Waals surface area contributed by atoms with Gasteiger partial charge in [-0.1, -0.05) is 168 Å². The number of aryl methyl sites for hydroxylation is 1. The first-order valence-electron chi connectivity index (χ1n) is 32.8. The molecule has 4 heteroatoms. The molecule has 2 heterocycles. The van der Waals surface area contributed by atoms with Gasteiger partial charge in [-0.3, -0.25) is 9.55 Å². The molecule has 0 saturated heterocycles. The summed E-state index contributed by atoms with van der Waals surface area (Å²) in [7, 11) is 0. The van der Waals surface area contributed by atoms with Crippen LogP contribution in [-0.4, -0.2) is 19.6 Å². The first-order valence-corrected chi connectivity index (χ1v) is 21.3. The standard InChI is InChI=1S/C61H67N3O/c1-37(2)43-28-44(38(3)4)30-45(29-43)41-23-24-54(39(5)27-41)64-55-22-18-21-50(56(55)63-58(64)51-35-49(60(9,10)11)36-52(57(51)65)61(12,13)14)46-31-47(33-48(32-46)59(6,7)8)53-34-42(25-26-62-53)40-19-16-15-17-20-40/h15-38,65H,1-14H3/i5D3,9D3,10D3,11D3,12D3,13D3,14D3,37D,38D. The van der Waals surface area contributed by atoms with E-state index in [1.54, 1.807) is 64.2 Å². The van der Waals surface area contributed by atoms with Gasteiger partial charge in [0.2, 0.25) is 0 Å². The van der Waals surface area contributed by atoms with E-state index >= 15 is 0 Å². The monoisotopic (exact) mass is 881 g/mol. The Bertz CT molecular complexity index is 3850. The molecule has 2 aromatic heterocycles. The van der Waals surface area contributed by atoms with Crippen molar-refractivity contribution in [2.45, 2.75) is 124 Å². The SMILES string of the molecule is [2H]C([2H])([2H])c1cc(-c2cc(C([2H])(C)C)cc(C([2H])(C)C)c2)ccc1-n1c(-c2cc(C(C([2H])([2H])[2H])(C([2H])([2H])[2H])C([2H])([2H])[2H])cc(C(C([2H])([2H])[2H])(C([2H])([2H])[2H])C([2H])([2H])[2H])c2O)nc2c(-c3cc(-c4cc(-c5ccccc5)ccn4)cc(C(C)(C)C)c3)cccc21. The maximum atomic E-state index is 13.1. The van der Waals surface area contributed by atoms with Gasteiger partial charge in [0.05, 0.1) is 28.0 Å². The van der Waals surface area contributed by atoms with Gasteiger partial charge in [-0.2, -0.15) is 0 Å². The maximum Gasteiger partial charge on any atom is 0.149 e. The minimum absolute atomic E-state index is 0.00247. The zero-order valence-corrected chi connectivity index (χ0v) is 37.5. The number of fused-ring (bicyclic) bond motifs is 1. The average molecular weight is 881 g/mol. The highest BCUT2D eigenvalue weighted by Gasteiger charge is 2.29. The summed E-state index contributed by atoms with van der Waals surface area (Å²) in [5.74, 6) is -4.62. The molecule has 0 atom stereocenters. The maximum absolute atomic E-state index is 13.1. The molecule has 65 heavy (non-hydrogen) atoms. The third-order valence-electron chi connectivity index (χ3n) is 11.8. The molecule has 8 rings (SSSR count). The Morgan fingerprint density at radius 3 is 1.91 bits per heavy atom. The van der Waals surface area contributed by atoms with Crippen LogP contribution in [-0.2, 0) is 16.2 Å². The molecule has 0 aliphatic carbocycles. The van der Waals surface area contributed by atoms with Crippen molar-refractivity contribution in [2.75, 3.05) is 0 Å². The van der Waals surface area contributed by atoms with Gasteiger partial charge in [-0.05, 0) is 139 Å². The van der Waals surface area contributed by atoms with E-state index in [1.807, 2.05) is 81.4 Å². The zero-order chi connectivity index (χ0) is 66.1. The number of hydrogen-bond acceptors (Lipinski definition) is 3. The van der Waals surface area contributed by atoms with E-state index in [9.17, 15) is 9.22 Å². The van der Waals surface area contributed by atoms with Crippen LogP contribution in [0.2, 0.25) is 0 Å². The summed E-state index contributed by atoms with van der Waals surface area (Å²) in [4.78, 5) is 9.82. The third kappa shape index (κ3) is 9.06. The van der Waals surface area contributed by atoms with Crippen molar-refractivity contribution in [1.29, 1.82) is 0 Å². The van der Waals surface area contributed by atoms with E-state index in [2.05, 4.69) is 0 Å². The lowest BCUT2D eigenvalue weighted by Crippen LogP contribution is -2.17. The molecule has 4 nitrogen and oxygen atoms in total. The number of phenols is 1. The number of pyridine rings is 1. The predicted octanol–water partition coefficient (Wildman–Crippen LogP) is 16.9. The number of para-hydroxylation sites is 1. The molecule has 0 spiro atoms. The van der Waals surface area contributed by atoms with Crippen LogP contribution in [0.3, 0.4) is 0 Å². The second kappa shape index (κ2) is 16.9. The topological polar surface area (TPSA) is 50.9 Å². The van der Waals surface area contributed by atoms with Crippen molar-refractivity contribution in [3.8, 4) is 67.5 Å². The number of aromatic nitrogens is 3. The Morgan fingerprint density at radius 2 is 1.25 bits per heavy atom. The van der Waals surface area contributed by atoms with E-state index in [4.69, 9.17) is 37.4 Å². The number of phenolic OH excluding ortho intramolecular Hbond substituents is 1. The largest absolute Gasteiger partial charge is 0.507 e. The second-order valence-electron chi connectivity index (χ2n) is 18.2. The highest BCUT2D eigenvalue weighted by atomic mass is 16.3. The molecule has 0 bridgehead atoms. The Kier molecular flexibility index (Phi) is 6.48. The van der Waals surface area contributed by atoms with Gasteiger partial charge in [-0.25, -0.2) is 4.98 Å². The summed E-state index contributed by atoms with van der Waals surface area (Å²) in [5, 5.41) is 13.1. The minimum Gasteiger partial charge on any atom is -0.507 e.